The molecule has 0 aliphatic heterocycles. The number of hydrogen-bond donors (Lipinski definition) is 0. The van der Waals surface area contributed by atoms with E-state index in [1.165, 1.54) is 9.47 Å². The van der Waals surface area contributed by atoms with Gasteiger partial charge in [-0.15, -0.1) is 0 Å². The minimum atomic E-state index is -0.256. The molecule has 0 unspecified atom stereocenters. The Morgan fingerprint density at radius 2 is 1.67 bits per heavy atom. The second-order valence-corrected chi connectivity index (χ2v) is 5.66. The maximum Gasteiger partial charge on any atom is 0.328 e. The highest BCUT2D eigenvalue weighted by molar-refractivity contribution is 6.13. The molecule has 0 N–H and O–H groups in total. The van der Waals surface area contributed by atoms with Gasteiger partial charge in [0, 0.05) is 25.0 Å². The van der Waals surface area contributed by atoms with E-state index >= 15 is 0 Å². The summed E-state index contributed by atoms with van der Waals surface area (Å²) in [6.45, 7) is 0. The van der Waals surface area contributed by atoms with Crippen LogP contribution in [0.4, 0.5) is 4.79 Å². The monoisotopic (exact) mass is 322 g/mol. The number of aromatic nitrogens is 1. The molecule has 0 saturated carbocycles. The van der Waals surface area contributed by atoms with Gasteiger partial charge in [0.1, 0.15) is 5.75 Å². The first-order chi connectivity index (χ1) is 11.5. The van der Waals surface area contributed by atoms with E-state index in [4.69, 9.17) is 4.74 Å². The van der Waals surface area contributed by atoms with Gasteiger partial charge in [0.25, 0.3) is 0 Å². The Kier molecular flexibility index (Phi) is 4.08. The molecule has 0 saturated heterocycles. The SMILES string of the molecule is COc1ccc(C(=O)c2cc3ccccc3n2C(=O)N(C)C)cc1. The predicted octanol–water partition coefficient (Wildman–Crippen LogP) is 3.41. The summed E-state index contributed by atoms with van der Waals surface area (Å²) in [7, 11) is 4.90. The van der Waals surface area contributed by atoms with Gasteiger partial charge in [-0.05, 0) is 36.4 Å². The van der Waals surface area contributed by atoms with Gasteiger partial charge in [0.15, 0.2) is 0 Å². The molecule has 122 valence electrons. The number of benzene rings is 2. The standard InChI is InChI=1S/C19H18N2O3/c1-20(2)19(23)21-16-7-5-4-6-14(16)12-17(21)18(22)13-8-10-15(24-3)11-9-13/h4-12H,1-3H3. The minimum Gasteiger partial charge on any atom is -0.497 e. The van der Waals surface area contributed by atoms with Crippen LogP contribution in [0.25, 0.3) is 10.9 Å². The van der Waals surface area contributed by atoms with E-state index < -0.39 is 0 Å². The van der Waals surface area contributed by atoms with Crippen LogP contribution < -0.4 is 4.74 Å². The van der Waals surface area contributed by atoms with Crippen LogP contribution >= 0.6 is 0 Å². The third-order valence-electron chi connectivity index (χ3n) is 3.87. The Hall–Kier alpha value is -3.08. The Bertz CT molecular complexity index is 908. The summed E-state index contributed by atoms with van der Waals surface area (Å²) >= 11 is 0. The largest absolute Gasteiger partial charge is 0.497 e. The molecule has 0 bridgehead atoms. The van der Waals surface area contributed by atoms with E-state index in [1.54, 1.807) is 51.5 Å². The number of amides is 1. The summed E-state index contributed by atoms with van der Waals surface area (Å²) in [6, 6.07) is 15.8. The number of rotatable bonds is 3. The number of ketones is 1. The van der Waals surface area contributed by atoms with Crippen LogP contribution in [-0.4, -0.2) is 42.5 Å². The topological polar surface area (TPSA) is 51.5 Å². The third-order valence-corrected chi connectivity index (χ3v) is 3.87. The lowest BCUT2D eigenvalue weighted by Gasteiger charge is -2.14. The summed E-state index contributed by atoms with van der Waals surface area (Å²) in [4.78, 5) is 27.0. The van der Waals surface area contributed by atoms with Crippen LogP contribution in [0.15, 0.2) is 54.6 Å². The second-order valence-electron chi connectivity index (χ2n) is 5.66. The van der Waals surface area contributed by atoms with Gasteiger partial charge < -0.3 is 9.64 Å². The van der Waals surface area contributed by atoms with Crippen molar-refractivity contribution in [3.05, 3.63) is 65.9 Å². The average Bonchev–Trinajstić information content (AvgIpc) is 2.99. The number of carbonyl (C=O) groups excluding carboxylic acids is 2. The number of methoxy groups -OCH3 is 1. The first-order valence-electron chi connectivity index (χ1n) is 7.54. The molecular formula is C19H18N2O3. The fourth-order valence-electron chi connectivity index (χ4n) is 2.62. The molecule has 5 heteroatoms. The summed E-state index contributed by atoms with van der Waals surface area (Å²) in [6.07, 6.45) is 0. The first kappa shape index (κ1) is 15.8. The van der Waals surface area contributed by atoms with Gasteiger partial charge in [-0.3, -0.25) is 9.36 Å². The van der Waals surface area contributed by atoms with Gasteiger partial charge >= 0.3 is 6.03 Å². The number of carbonyl (C=O) groups is 2. The molecule has 1 aromatic heterocycles. The van der Waals surface area contributed by atoms with Gasteiger partial charge in [-0.2, -0.15) is 0 Å². The van der Waals surface area contributed by atoms with E-state index in [2.05, 4.69) is 0 Å². The molecule has 0 atom stereocenters. The van der Waals surface area contributed by atoms with Gasteiger partial charge in [-0.1, -0.05) is 18.2 Å². The highest BCUT2D eigenvalue weighted by Crippen LogP contribution is 2.23. The molecule has 24 heavy (non-hydrogen) atoms. The normalized spacial score (nSPS) is 10.6. The van der Waals surface area contributed by atoms with Crippen molar-refractivity contribution in [2.24, 2.45) is 0 Å². The Balaban J connectivity index is 2.15. The molecule has 3 aromatic rings. The summed E-state index contributed by atoms with van der Waals surface area (Å²) in [5.74, 6) is 0.473. The van der Waals surface area contributed by atoms with Crippen molar-refractivity contribution in [3.63, 3.8) is 0 Å². The summed E-state index contributed by atoms with van der Waals surface area (Å²) in [5.41, 5.74) is 1.57. The summed E-state index contributed by atoms with van der Waals surface area (Å²) in [5, 5.41) is 0.851. The smallest absolute Gasteiger partial charge is 0.328 e. The van der Waals surface area contributed by atoms with Crippen LogP contribution in [0, 0.1) is 0 Å². The fourth-order valence-corrected chi connectivity index (χ4v) is 2.62. The van der Waals surface area contributed by atoms with Crippen molar-refractivity contribution < 1.29 is 14.3 Å². The Morgan fingerprint density at radius 1 is 1.00 bits per heavy atom. The Labute approximate surface area is 140 Å². The molecule has 0 aliphatic rings. The molecule has 5 nitrogen and oxygen atoms in total. The van der Waals surface area contributed by atoms with Crippen LogP contribution in [0.2, 0.25) is 0 Å². The summed E-state index contributed by atoms with van der Waals surface area (Å²) < 4.78 is 6.58. The molecule has 2 aromatic carbocycles. The van der Waals surface area contributed by atoms with Crippen molar-refractivity contribution in [3.8, 4) is 5.75 Å². The third kappa shape index (κ3) is 2.65. The number of fused-ring (bicyclic) bond motifs is 1. The van der Waals surface area contributed by atoms with Crippen molar-refractivity contribution in [1.82, 2.24) is 9.47 Å². The highest BCUT2D eigenvalue weighted by atomic mass is 16.5. The van der Waals surface area contributed by atoms with Crippen LogP contribution in [0.1, 0.15) is 16.1 Å². The minimum absolute atomic E-state index is 0.205. The molecule has 0 fully saturated rings. The zero-order chi connectivity index (χ0) is 17.3. The van der Waals surface area contributed by atoms with Gasteiger partial charge in [-0.25, -0.2) is 4.79 Å². The molecule has 0 radical (unpaired) electrons. The lowest BCUT2D eigenvalue weighted by molar-refractivity contribution is 0.103. The maximum atomic E-state index is 12.9. The van der Waals surface area contributed by atoms with Crippen molar-refractivity contribution in [1.29, 1.82) is 0 Å². The molecular weight excluding hydrogens is 304 g/mol. The molecule has 0 aliphatic carbocycles. The van der Waals surface area contributed by atoms with Crippen LogP contribution in [-0.2, 0) is 0 Å². The first-order valence-corrected chi connectivity index (χ1v) is 7.54. The van der Waals surface area contributed by atoms with Crippen LogP contribution in [0.3, 0.4) is 0 Å². The molecule has 3 rings (SSSR count). The quantitative estimate of drug-likeness (QED) is 0.694. The van der Waals surface area contributed by atoms with E-state index in [1.807, 2.05) is 24.3 Å². The zero-order valence-electron chi connectivity index (χ0n) is 13.8. The molecule has 0 spiro atoms. The van der Waals surface area contributed by atoms with Crippen molar-refractivity contribution in [2.45, 2.75) is 0 Å². The van der Waals surface area contributed by atoms with E-state index in [0.29, 0.717) is 22.5 Å². The van der Waals surface area contributed by atoms with Crippen molar-refractivity contribution >= 4 is 22.7 Å². The average molecular weight is 322 g/mol. The molecule has 1 amide bonds. The number of nitrogens with zero attached hydrogens (tertiary/aromatic N) is 2. The molecule has 1 heterocycles. The lowest BCUT2D eigenvalue weighted by Crippen LogP contribution is -2.29. The van der Waals surface area contributed by atoms with Gasteiger partial charge in [0.2, 0.25) is 5.78 Å². The fraction of sp³-hybridized carbons (Fsp3) is 0.158. The Morgan fingerprint density at radius 3 is 2.29 bits per heavy atom. The predicted molar refractivity (Wildman–Crippen MR) is 92.8 cm³/mol. The zero-order valence-corrected chi connectivity index (χ0v) is 13.8. The second kappa shape index (κ2) is 6.20. The van der Waals surface area contributed by atoms with E-state index in [9.17, 15) is 9.59 Å². The number of para-hydroxylation sites is 1. The number of ether oxygens (including phenoxy) is 1. The van der Waals surface area contributed by atoms with E-state index in [-0.39, 0.29) is 11.8 Å². The van der Waals surface area contributed by atoms with Crippen LogP contribution in [0.5, 0.6) is 5.75 Å². The van der Waals surface area contributed by atoms with E-state index in [0.717, 1.165) is 5.39 Å². The highest BCUT2D eigenvalue weighted by Gasteiger charge is 2.22. The van der Waals surface area contributed by atoms with Gasteiger partial charge in [0.05, 0.1) is 18.3 Å². The van der Waals surface area contributed by atoms with Crippen molar-refractivity contribution in [2.75, 3.05) is 21.2 Å². The lowest BCUT2D eigenvalue weighted by atomic mass is 10.1. The number of hydrogen-bond acceptors (Lipinski definition) is 3. The maximum absolute atomic E-state index is 12.9.